The number of aryl methyl sites for hydroxylation is 1. The Morgan fingerprint density at radius 1 is 1.50 bits per heavy atom. The van der Waals surface area contributed by atoms with Crippen molar-refractivity contribution in [3.05, 3.63) is 50.1 Å². The molecular weight excluding hydrogens is 315 g/mol. The minimum Gasteiger partial charge on any atom is -0.305 e. The monoisotopic (exact) mass is 328 g/mol. The van der Waals surface area contributed by atoms with E-state index in [1.165, 1.54) is 10.9 Å². The van der Waals surface area contributed by atoms with Crippen LogP contribution in [0.15, 0.2) is 28.9 Å². The van der Waals surface area contributed by atoms with Crippen LogP contribution in [0.5, 0.6) is 0 Å². The molecule has 0 amide bonds. The fourth-order valence-electron chi connectivity index (χ4n) is 1.64. The average Bonchev–Trinajstić information content (AvgIpc) is 2.75. The number of rotatable bonds is 4. The summed E-state index contributed by atoms with van der Waals surface area (Å²) < 4.78 is 13.6. The number of hydrogen-bond donors (Lipinski definition) is 1. The minimum absolute atomic E-state index is 0.171. The van der Waals surface area contributed by atoms with Gasteiger partial charge in [-0.1, -0.05) is 6.07 Å². The van der Waals surface area contributed by atoms with Crippen molar-refractivity contribution in [1.29, 1.82) is 0 Å². The summed E-state index contributed by atoms with van der Waals surface area (Å²) in [7, 11) is 0. The first-order valence-electron chi connectivity index (χ1n) is 5.66. The molecule has 1 aromatic heterocycles. The SMILES string of the molecule is Cc1ncc(CNC(C)c2ccc(F)c(Br)c2)s1. The third kappa shape index (κ3) is 3.37. The number of hydrogen-bond acceptors (Lipinski definition) is 3. The largest absolute Gasteiger partial charge is 0.305 e. The highest BCUT2D eigenvalue weighted by Crippen LogP contribution is 2.22. The van der Waals surface area contributed by atoms with E-state index in [2.05, 4.69) is 33.2 Å². The molecule has 0 saturated heterocycles. The van der Waals surface area contributed by atoms with Gasteiger partial charge in [-0.2, -0.15) is 0 Å². The van der Waals surface area contributed by atoms with Gasteiger partial charge in [0.05, 0.1) is 9.48 Å². The summed E-state index contributed by atoms with van der Waals surface area (Å²) in [5.74, 6) is -0.232. The lowest BCUT2D eigenvalue weighted by Crippen LogP contribution is -2.17. The molecule has 2 rings (SSSR count). The van der Waals surface area contributed by atoms with Crippen molar-refractivity contribution in [3.63, 3.8) is 0 Å². The normalized spacial score (nSPS) is 12.7. The van der Waals surface area contributed by atoms with Gasteiger partial charge in [0.1, 0.15) is 5.82 Å². The molecule has 1 N–H and O–H groups in total. The predicted octanol–water partition coefficient (Wildman–Crippen LogP) is 4.20. The van der Waals surface area contributed by atoms with Crippen LogP contribution in [0.4, 0.5) is 4.39 Å². The van der Waals surface area contributed by atoms with Gasteiger partial charge >= 0.3 is 0 Å². The van der Waals surface area contributed by atoms with E-state index in [9.17, 15) is 4.39 Å². The molecule has 2 nitrogen and oxygen atoms in total. The molecule has 96 valence electrons. The smallest absolute Gasteiger partial charge is 0.137 e. The summed E-state index contributed by atoms with van der Waals surface area (Å²) in [5.41, 5.74) is 1.06. The minimum atomic E-state index is -0.232. The molecule has 0 aliphatic heterocycles. The molecular formula is C13H14BrFN2S. The number of nitrogens with zero attached hydrogens (tertiary/aromatic N) is 1. The molecule has 0 spiro atoms. The second kappa shape index (κ2) is 5.91. The second-order valence-electron chi connectivity index (χ2n) is 4.12. The Bertz CT molecular complexity index is 542. The molecule has 0 fully saturated rings. The van der Waals surface area contributed by atoms with Crippen molar-refractivity contribution in [2.75, 3.05) is 0 Å². The number of benzene rings is 1. The summed E-state index contributed by atoms with van der Waals surface area (Å²) in [6.07, 6.45) is 1.89. The van der Waals surface area contributed by atoms with E-state index in [4.69, 9.17) is 0 Å². The van der Waals surface area contributed by atoms with Crippen LogP contribution in [0.1, 0.15) is 28.4 Å². The third-order valence-corrected chi connectivity index (χ3v) is 4.22. The molecule has 0 radical (unpaired) electrons. The highest BCUT2D eigenvalue weighted by atomic mass is 79.9. The van der Waals surface area contributed by atoms with Crippen molar-refractivity contribution < 1.29 is 4.39 Å². The lowest BCUT2D eigenvalue weighted by molar-refractivity contribution is 0.573. The van der Waals surface area contributed by atoms with Crippen LogP contribution in [-0.4, -0.2) is 4.98 Å². The summed E-state index contributed by atoms with van der Waals surface area (Å²) in [4.78, 5) is 5.42. The molecule has 2 aromatic rings. The maximum atomic E-state index is 13.1. The van der Waals surface area contributed by atoms with Gasteiger partial charge in [0.2, 0.25) is 0 Å². The fourth-order valence-corrected chi connectivity index (χ4v) is 2.78. The molecule has 1 heterocycles. The predicted molar refractivity (Wildman–Crippen MR) is 76.2 cm³/mol. The van der Waals surface area contributed by atoms with Crippen LogP contribution >= 0.6 is 27.3 Å². The first-order chi connectivity index (χ1) is 8.56. The Morgan fingerprint density at radius 2 is 2.28 bits per heavy atom. The number of halogens is 2. The molecule has 1 unspecified atom stereocenters. The van der Waals surface area contributed by atoms with Crippen LogP contribution in [0.3, 0.4) is 0 Å². The van der Waals surface area contributed by atoms with Gasteiger partial charge in [0.25, 0.3) is 0 Å². The molecule has 0 aliphatic rings. The number of thiazole rings is 1. The van der Waals surface area contributed by atoms with E-state index in [-0.39, 0.29) is 11.9 Å². The molecule has 1 atom stereocenters. The van der Waals surface area contributed by atoms with Gasteiger partial charge < -0.3 is 5.32 Å². The van der Waals surface area contributed by atoms with Crippen LogP contribution < -0.4 is 5.32 Å². The molecule has 0 aliphatic carbocycles. The Morgan fingerprint density at radius 3 is 2.89 bits per heavy atom. The van der Waals surface area contributed by atoms with Crippen LogP contribution in [0, 0.1) is 12.7 Å². The van der Waals surface area contributed by atoms with Crippen LogP contribution in [0.25, 0.3) is 0 Å². The fraction of sp³-hybridized carbons (Fsp3) is 0.308. The summed E-state index contributed by atoms with van der Waals surface area (Å²) in [6, 6.07) is 5.26. The van der Waals surface area contributed by atoms with Crippen LogP contribution in [-0.2, 0) is 6.54 Å². The Kier molecular flexibility index (Phi) is 4.48. The Labute approximate surface area is 118 Å². The van der Waals surface area contributed by atoms with E-state index in [0.29, 0.717) is 4.47 Å². The summed E-state index contributed by atoms with van der Waals surface area (Å²) in [6.45, 7) is 4.84. The van der Waals surface area contributed by atoms with E-state index in [1.807, 2.05) is 19.2 Å². The molecule has 1 aromatic carbocycles. The highest BCUT2D eigenvalue weighted by molar-refractivity contribution is 9.10. The Balaban J connectivity index is 1.99. The number of nitrogens with one attached hydrogen (secondary N) is 1. The summed E-state index contributed by atoms with van der Waals surface area (Å²) in [5, 5.41) is 4.48. The topological polar surface area (TPSA) is 24.9 Å². The lowest BCUT2D eigenvalue weighted by Gasteiger charge is -2.14. The van der Waals surface area contributed by atoms with Gasteiger partial charge in [0, 0.05) is 23.7 Å². The van der Waals surface area contributed by atoms with Crippen molar-refractivity contribution in [2.45, 2.75) is 26.4 Å². The maximum absolute atomic E-state index is 13.1. The zero-order valence-corrected chi connectivity index (χ0v) is 12.6. The second-order valence-corrected chi connectivity index (χ2v) is 6.30. The van der Waals surface area contributed by atoms with Crippen molar-refractivity contribution in [1.82, 2.24) is 10.3 Å². The van der Waals surface area contributed by atoms with Crippen molar-refractivity contribution >= 4 is 27.3 Å². The molecule has 0 bridgehead atoms. The summed E-state index contributed by atoms with van der Waals surface area (Å²) >= 11 is 4.89. The molecule has 18 heavy (non-hydrogen) atoms. The van der Waals surface area contributed by atoms with E-state index >= 15 is 0 Å². The van der Waals surface area contributed by atoms with Gasteiger partial charge in [-0.3, -0.25) is 0 Å². The molecule has 0 saturated carbocycles. The number of aromatic nitrogens is 1. The van der Waals surface area contributed by atoms with Gasteiger partial charge in [-0.05, 0) is 47.5 Å². The van der Waals surface area contributed by atoms with Gasteiger partial charge in [0.15, 0.2) is 0 Å². The Hall–Kier alpha value is -0.780. The highest BCUT2D eigenvalue weighted by Gasteiger charge is 2.08. The van der Waals surface area contributed by atoms with Gasteiger partial charge in [-0.15, -0.1) is 11.3 Å². The zero-order chi connectivity index (χ0) is 13.1. The lowest BCUT2D eigenvalue weighted by atomic mass is 10.1. The van der Waals surface area contributed by atoms with E-state index in [0.717, 1.165) is 17.1 Å². The first kappa shape index (κ1) is 13.6. The quantitative estimate of drug-likeness (QED) is 0.909. The maximum Gasteiger partial charge on any atom is 0.137 e. The standard InChI is InChI=1S/C13H14BrFN2S/c1-8(10-3-4-13(15)12(14)5-10)16-6-11-7-17-9(2)18-11/h3-5,7-8,16H,6H2,1-2H3. The van der Waals surface area contributed by atoms with Crippen LogP contribution in [0.2, 0.25) is 0 Å². The first-order valence-corrected chi connectivity index (χ1v) is 7.27. The average molecular weight is 329 g/mol. The van der Waals surface area contributed by atoms with E-state index in [1.54, 1.807) is 17.4 Å². The van der Waals surface area contributed by atoms with Crippen molar-refractivity contribution in [3.8, 4) is 0 Å². The third-order valence-electron chi connectivity index (χ3n) is 2.70. The van der Waals surface area contributed by atoms with E-state index < -0.39 is 0 Å². The van der Waals surface area contributed by atoms with Crippen molar-refractivity contribution in [2.24, 2.45) is 0 Å². The zero-order valence-electron chi connectivity index (χ0n) is 10.2. The van der Waals surface area contributed by atoms with Gasteiger partial charge in [-0.25, -0.2) is 9.37 Å². The molecule has 5 heteroatoms.